The van der Waals surface area contributed by atoms with Crippen molar-refractivity contribution in [3.8, 4) is 11.8 Å². The molecular weight excluding hydrogens is 314 g/mol. The minimum Gasteiger partial charge on any atom is -0.489 e. The van der Waals surface area contributed by atoms with Gasteiger partial charge in [0.1, 0.15) is 12.4 Å². The van der Waals surface area contributed by atoms with E-state index >= 15 is 0 Å². The molecule has 0 atom stereocenters. The number of halogens is 1. The lowest BCUT2D eigenvalue weighted by Crippen LogP contribution is -2.00. The number of ether oxygens (including phenoxy) is 1. The Labute approximate surface area is 128 Å². The first-order valence-electron chi connectivity index (χ1n) is 6.51. The molecule has 0 N–H and O–H groups in total. The molecule has 0 aromatic heterocycles. The fourth-order valence-corrected chi connectivity index (χ4v) is 2.32. The maximum absolute atomic E-state index is 8.77. The number of hydrogen-bond donors (Lipinski definition) is 0. The van der Waals surface area contributed by atoms with Gasteiger partial charge in [-0.25, -0.2) is 0 Å². The second-order valence-corrected chi connectivity index (χ2v) is 5.85. The van der Waals surface area contributed by atoms with Crippen molar-refractivity contribution in [1.82, 2.24) is 0 Å². The summed E-state index contributed by atoms with van der Waals surface area (Å²) in [6.45, 7) is 4.81. The largest absolute Gasteiger partial charge is 0.489 e. The zero-order valence-electron chi connectivity index (χ0n) is 11.6. The van der Waals surface area contributed by atoms with Gasteiger partial charge in [0.05, 0.1) is 11.6 Å². The van der Waals surface area contributed by atoms with Gasteiger partial charge in [0.25, 0.3) is 0 Å². The molecule has 3 heteroatoms. The highest BCUT2D eigenvalue weighted by Crippen LogP contribution is 2.30. The molecule has 0 fully saturated rings. The molecule has 2 aromatic carbocycles. The van der Waals surface area contributed by atoms with Gasteiger partial charge >= 0.3 is 0 Å². The minimum absolute atomic E-state index is 0.406. The van der Waals surface area contributed by atoms with E-state index in [1.807, 2.05) is 36.4 Å². The van der Waals surface area contributed by atoms with Gasteiger partial charge in [0.2, 0.25) is 0 Å². The third kappa shape index (κ3) is 3.61. The SMILES string of the molecule is CC(C)c1cc(Br)ccc1OCc1ccc(C#N)cc1. The van der Waals surface area contributed by atoms with Gasteiger partial charge in [0.15, 0.2) is 0 Å². The van der Waals surface area contributed by atoms with Gasteiger partial charge in [0, 0.05) is 4.47 Å². The summed E-state index contributed by atoms with van der Waals surface area (Å²) in [5.41, 5.74) is 2.91. The van der Waals surface area contributed by atoms with Crippen LogP contribution in [0, 0.1) is 11.3 Å². The van der Waals surface area contributed by atoms with Crippen LogP contribution in [-0.2, 0) is 6.61 Å². The van der Waals surface area contributed by atoms with Crippen LogP contribution in [0.1, 0.15) is 36.5 Å². The summed E-state index contributed by atoms with van der Waals surface area (Å²) in [6.07, 6.45) is 0. The Bertz CT molecular complexity index is 626. The molecule has 0 heterocycles. The van der Waals surface area contributed by atoms with Crippen LogP contribution in [0.2, 0.25) is 0 Å². The molecule has 0 saturated heterocycles. The topological polar surface area (TPSA) is 33.0 Å². The van der Waals surface area contributed by atoms with Crippen molar-refractivity contribution in [2.75, 3.05) is 0 Å². The molecule has 0 bridgehead atoms. The Morgan fingerprint density at radius 2 is 1.85 bits per heavy atom. The number of nitrogens with zero attached hydrogens (tertiary/aromatic N) is 1. The van der Waals surface area contributed by atoms with Crippen molar-refractivity contribution >= 4 is 15.9 Å². The predicted octanol–water partition coefficient (Wildman–Crippen LogP) is 5.02. The molecular formula is C17H16BrNO. The molecule has 2 aromatic rings. The second-order valence-electron chi connectivity index (χ2n) is 4.93. The quantitative estimate of drug-likeness (QED) is 0.788. The average Bonchev–Trinajstić information content (AvgIpc) is 2.46. The second kappa shape index (κ2) is 6.58. The summed E-state index contributed by atoms with van der Waals surface area (Å²) in [5, 5.41) is 8.77. The molecule has 2 rings (SSSR count). The standard InChI is InChI=1S/C17H16BrNO/c1-12(2)16-9-15(18)7-8-17(16)20-11-14-5-3-13(10-19)4-6-14/h3-9,12H,11H2,1-2H3. The molecule has 0 amide bonds. The first-order valence-corrected chi connectivity index (χ1v) is 7.30. The molecule has 102 valence electrons. The van der Waals surface area contributed by atoms with Crippen molar-refractivity contribution < 1.29 is 4.74 Å². The van der Waals surface area contributed by atoms with Crippen LogP contribution in [0.5, 0.6) is 5.75 Å². The average molecular weight is 330 g/mol. The maximum Gasteiger partial charge on any atom is 0.123 e. The van der Waals surface area contributed by atoms with E-state index in [0.717, 1.165) is 15.8 Å². The van der Waals surface area contributed by atoms with Crippen LogP contribution in [0.3, 0.4) is 0 Å². The van der Waals surface area contributed by atoms with E-state index < -0.39 is 0 Å². The Hall–Kier alpha value is -1.79. The van der Waals surface area contributed by atoms with Gasteiger partial charge in [-0.3, -0.25) is 0 Å². The first-order chi connectivity index (χ1) is 9.60. The van der Waals surface area contributed by atoms with Crippen LogP contribution in [0.15, 0.2) is 46.9 Å². The highest BCUT2D eigenvalue weighted by molar-refractivity contribution is 9.10. The molecule has 0 radical (unpaired) electrons. The molecule has 0 aliphatic rings. The lowest BCUT2D eigenvalue weighted by molar-refractivity contribution is 0.301. The van der Waals surface area contributed by atoms with E-state index in [2.05, 4.69) is 41.9 Å². The molecule has 20 heavy (non-hydrogen) atoms. The molecule has 2 nitrogen and oxygen atoms in total. The summed E-state index contributed by atoms with van der Waals surface area (Å²) >= 11 is 3.49. The summed E-state index contributed by atoms with van der Waals surface area (Å²) in [7, 11) is 0. The van der Waals surface area contributed by atoms with Gasteiger partial charge in [-0.15, -0.1) is 0 Å². The maximum atomic E-state index is 8.77. The van der Waals surface area contributed by atoms with Crippen molar-refractivity contribution in [2.45, 2.75) is 26.4 Å². The van der Waals surface area contributed by atoms with Crippen molar-refractivity contribution in [2.24, 2.45) is 0 Å². The smallest absolute Gasteiger partial charge is 0.123 e. The van der Waals surface area contributed by atoms with Crippen LogP contribution in [-0.4, -0.2) is 0 Å². The first kappa shape index (κ1) is 14.6. The lowest BCUT2D eigenvalue weighted by atomic mass is 10.0. The van der Waals surface area contributed by atoms with E-state index in [9.17, 15) is 0 Å². The highest BCUT2D eigenvalue weighted by atomic mass is 79.9. The Morgan fingerprint density at radius 1 is 1.15 bits per heavy atom. The van der Waals surface area contributed by atoms with Crippen LogP contribution >= 0.6 is 15.9 Å². The number of rotatable bonds is 4. The zero-order valence-corrected chi connectivity index (χ0v) is 13.1. The normalized spacial score (nSPS) is 10.3. The highest BCUT2D eigenvalue weighted by Gasteiger charge is 2.08. The minimum atomic E-state index is 0.406. The van der Waals surface area contributed by atoms with Gasteiger partial charge < -0.3 is 4.74 Å². The van der Waals surface area contributed by atoms with Crippen LogP contribution in [0.4, 0.5) is 0 Å². The van der Waals surface area contributed by atoms with E-state index in [1.54, 1.807) is 0 Å². The van der Waals surface area contributed by atoms with E-state index in [0.29, 0.717) is 18.1 Å². The fourth-order valence-electron chi connectivity index (χ4n) is 1.94. The summed E-state index contributed by atoms with van der Waals surface area (Å²) in [4.78, 5) is 0. The molecule has 0 aliphatic heterocycles. The summed E-state index contributed by atoms with van der Waals surface area (Å²) in [5.74, 6) is 1.32. The van der Waals surface area contributed by atoms with Crippen LogP contribution < -0.4 is 4.74 Å². The molecule has 0 aliphatic carbocycles. The number of benzene rings is 2. The third-order valence-electron chi connectivity index (χ3n) is 3.07. The number of hydrogen-bond acceptors (Lipinski definition) is 2. The van der Waals surface area contributed by atoms with Crippen LogP contribution in [0.25, 0.3) is 0 Å². The molecule has 0 saturated carbocycles. The van der Waals surface area contributed by atoms with E-state index in [4.69, 9.17) is 10.00 Å². The van der Waals surface area contributed by atoms with Gasteiger partial charge in [-0.05, 0) is 47.4 Å². The van der Waals surface area contributed by atoms with Crippen molar-refractivity contribution in [3.05, 3.63) is 63.6 Å². The monoisotopic (exact) mass is 329 g/mol. The molecule has 0 unspecified atom stereocenters. The zero-order chi connectivity index (χ0) is 14.5. The molecule has 0 spiro atoms. The lowest BCUT2D eigenvalue weighted by Gasteiger charge is -2.14. The van der Waals surface area contributed by atoms with E-state index in [1.165, 1.54) is 5.56 Å². The predicted molar refractivity (Wildman–Crippen MR) is 83.7 cm³/mol. The van der Waals surface area contributed by atoms with E-state index in [-0.39, 0.29) is 0 Å². The summed E-state index contributed by atoms with van der Waals surface area (Å²) in [6, 6.07) is 15.6. The summed E-state index contributed by atoms with van der Waals surface area (Å²) < 4.78 is 6.97. The third-order valence-corrected chi connectivity index (χ3v) is 3.56. The van der Waals surface area contributed by atoms with Gasteiger partial charge in [-0.1, -0.05) is 41.9 Å². The number of nitriles is 1. The van der Waals surface area contributed by atoms with Crippen molar-refractivity contribution in [3.63, 3.8) is 0 Å². The Balaban J connectivity index is 2.12. The van der Waals surface area contributed by atoms with Gasteiger partial charge in [-0.2, -0.15) is 5.26 Å². The Kier molecular flexibility index (Phi) is 4.81. The Morgan fingerprint density at radius 3 is 2.45 bits per heavy atom. The van der Waals surface area contributed by atoms with Crippen molar-refractivity contribution in [1.29, 1.82) is 5.26 Å². The fraction of sp³-hybridized carbons (Fsp3) is 0.235.